The third-order valence-corrected chi connectivity index (χ3v) is 3.25. The topological polar surface area (TPSA) is 98.5 Å². The summed E-state index contributed by atoms with van der Waals surface area (Å²) < 4.78 is 4.79. The largest absolute Gasteiger partial charge is 0.452 e. The minimum Gasteiger partial charge on any atom is -0.452 e. The number of anilines is 1. The lowest BCUT2D eigenvalue weighted by atomic mass is 10.2. The number of hydrogen-bond acceptors (Lipinski definition) is 5. The van der Waals surface area contributed by atoms with E-state index in [0.29, 0.717) is 5.02 Å². The Morgan fingerprint density at radius 2 is 1.84 bits per heavy atom. The number of nitro groups is 1. The zero-order valence-electron chi connectivity index (χ0n) is 12.8. The number of para-hydroxylation sites is 2. The molecule has 0 aliphatic carbocycles. The molecule has 2 aromatic carbocycles. The number of nitrogens with one attached hydrogen (secondary N) is 1. The predicted molar refractivity (Wildman–Crippen MR) is 93.2 cm³/mol. The molecular formula is C17H13ClN2O5. The van der Waals surface area contributed by atoms with Crippen molar-refractivity contribution < 1.29 is 19.2 Å². The fourth-order valence-corrected chi connectivity index (χ4v) is 1.97. The van der Waals surface area contributed by atoms with Crippen LogP contribution in [0, 0.1) is 10.1 Å². The molecule has 25 heavy (non-hydrogen) atoms. The lowest BCUT2D eigenvalue weighted by Gasteiger charge is -2.05. The van der Waals surface area contributed by atoms with Gasteiger partial charge in [-0.2, -0.15) is 0 Å². The van der Waals surface area contributed by atoms with Crippen LogP contribution < -0.4 is 5.32 Å². The number of nitro benzene ring substituents is 1. The first-order chi connectivity index (χ1) is 12.0. The Morgan fingerprint density at radius 1 is 1.16 bits per heavy atom. The average Bonchev–Trinajstić information content (AvgIpc) is 2.59. The maximum atomic E-state index is 11.8. The van der Waals surface area contributed by atoms with E-state index in [0.717, 1.165) is 5.56 Å². The van der Waals surface area contributed by atoms with Gasteiger partial charge in [-0.25, -0.2) is 4.79 Å². The first kappa shape index (κ1) is 18.2. The molecule has 0 aliphatic heterocycles. The van der Waals surface area contributed by atoms with Gasteiger partial charge < -0.3 is 10.1 Å². The van der Waals surface area contributed by atoms with E-state index in [-0.39, 0.29) is 11.4 Å². The van der Waals surface area contributed by atoms with Gasteiger partial charge in [0.25, 0.3) is 11.6 Å². The molecular weight excluding hydrogens is 348 g/mol. The van der Waals surface area contributed by atoms with Gasteiger partial charge >= 0.3 is 5.97 Å². The van der Waals surface area contributed by atoms with Crippen molar-refractivity contribution in [1.29, 1.82) is 0 Å². The second kappa shape index (κ2) is 8.60. The van der Waals surface area contributed by atoms with Crippen molar-refractivity contribution >= 4 is 40.9 Å². The number of nitrogens with zero attached hydrogens (tertiary/aromatic N) is 1. The highest BCUT2D eigenvalue weighted by molar-refractivity contribution is 6.30. The molecule has 1 amide bonds. The van der Waals surface area contributed by atoms with Crippen LogP contribution in [0.1, 0.15) is 5.56 Å². The van der Waals surface area contributed by atoms with E-state index in [1.807, 2.05) is 0 Å². The van der Waals surface area contributed by atoms with E-state index in [2.05, 4.69) is 5.32 Å². The van der Waals surface area contributed by atoms with Gasteiger partial charge in [-0.05, 0) is 29.8 Å². The van der Waals surface area contributed by atoms with E-state index < -0.39 is 23.4 Å². The second-order valence-corrected chi connectivity index (χ2v) is 5.25. The average molecular weight is 361 g/mol. The van der Waals surface area contributed by atoms with Gasteiger partial charge in [-0.3, -0.25) is 14.9 Å². The van der Waals surface area contributed by atoms with Gasteiger partial charge in [0.2, 0.25) is 0 Å². The molecule has 0 fully saturated rings. The minimum absolute atomic E-state index is 0.0326. The fraction of sp³-hybridized carbons (Fsp3) is 0.0588. The van der Waals surface area contributed by atoms with Crippen LogP contribution in [-0.4, -0.2) is 23.4 Å². The Bertz CT molecular complexity index is 818. The molecule has 2 rings (SSSR count). The van der Waals surface area contributed by atoms with Crippen LogP contribution in [0.25, 0.3) is 6.08 Å². The maximum Gasteiger partial charge on any atom is 0.331 e. The minimum atomic E-state index is -0.715. The summed E-state index contributed by atoms with van der Waals surface area (Å²) in [7, 11) is 0. The number of rotatable bonds is 6. The number of benzene rings is 2. The summed E-state index contributed by atoms with van der Waals surface area (Å²) >= 11 is 5.75. The second-order valence-electron chi connectivity index (χ2n) is 4.82. The van der Waals surface area contributed by atoms with E-state index in [4.69, 9.17) is 16.3 Å². The first-order valence-corrected chi connectivity index (χ1v) is 7.47. The van der Waals surface area contributed by atoms with Crippen LogP contribution in [-0.2, 0) is 14.3 Å². The van der Waals surface area contributed by atoms with Crippen LogP contribution >= 0.6 is 11.6 Å². The van der Waals surface area contributed by atoms with Gasteiger partial charge in [0.05, 0.1) is 4.92 Å². The monoisotopic (exact) mass is 360 g/mol. The smallest absolute Gasteiger partial charge is 0.331 e. The summed E-state index contributed by atoms with van der Waals surface area (Å²) in [6, 6.07) is 12.5. The molecule has 0 saturated heterocycles. The van der Waals surface area contributed by atoms with Crippen molar-refractivity contribution in [3.63, 3.8) is 0 Å². The Labute approximate surface area is 148 Å². The molecule has 2 aromatic rings. The normalized spacial score (nSPS) is 10.4. The van der Waals surface area contributed by atoms with E-state index >= 15 is 0 Å². The van der Waals surface area contributed by atoms with Crippen molar-refractivity contribution in [1.82, 2.24) is 0 Å². The van der Waals surface area contributed by atoms with Crippen LogP contribution in [0.2, 0.25) is 5.02 Å². The molecule has 0 atom stereocenters. The molecule has 0 bridgehead atoms. The number of esters is 1. The summed E-state index contributed by atoms with van der Waals surface area (Å²) in [5.41, 5.74) is 0.528. The third-order valence-electron chi connectivity index (χ3n) is 3.00. The van der Waals surface area contributed by atoms with Gasteiger partial charge in [-0.15, -0.1) is 0 Å². The number of amides is 1. The number of carbonyl (C=O) groups is 2. The molecule has 1 N–H and O–H groups in total. The molecule has 0 aromatic heterocycles. The first-order valence-electron chi connectivity index (χ1n) is 7.09. The molecule has 0 radical (unpaired) electrons. The third kappa shape index (κ3) is 5.74. The summed E-state index contributed by atoms with van der Waals surface area (Å²) in [5, 5.41) is 13.8. The molecule has 0 unspecified atom stereocenters. The van der Waals surface area contributed by atoms with Crippen molar-refractivity contribution in [2.24, 2.45) is 0 Å². The summed E-state index contributed by atoms with van der Waals surface area (Å²) in [4.78, 5) is 33.6. The molecule has 128 valence electrons. The van der Waals surface area contributed by atoms with Crippen molar-refractivity contribution in [3.8, 4) is 0 Å². The number of carbonyl (C=O) groups excluding carboxylic acids is 2. The predicted octanol–water partition coefficient (Wildman–Crippen LogP) is 3.44. The number of hydrogen-bond donors (Lipinski definition) is 1. The van der Waals surface area contributed by atoms with E-state index in [1.54, 1.807) is 30.3 Å². The molecule has 7 nitrogen and oxygen atoms in total. The lowest BCUT2D eigenvalue weighted by Crippen LogP contribution is -2.20. The molecule has 0 heterocycles. The van der Waals surface area contributed by atoms with Crippen molar-refractivity contribution in [2.75, 3.05) is 11.9 Å². The molecule has 0 saturated carbocycles. The highest BCUT2D eigenvalue weighted by Gasteiger charge is 2.15. The zero-order chi connectivity index (χ0) is 18.2. The van der Waals surface area contributed by atoms with Crippen LogP contribution in [0.4, 0.5) is 11.4 Å². The molecule has 8 heteroatoms. The standard InChI is InChI=1S/C17H13ClN2O5/c18-13-8-5-12(6-9-13)7-10-17(22)25-11-16(21)19-14-3-1-2-4-15(14)20(23)24/h1-10H,11H2,(H,19,21)/b10-7+. The van der Waals surface area contributed by atoms with E-state index in [1.165, 1.54) is 30.4 Å². The van der Waals surface area contributed by atoms with Gasteiger partial charge in [0.15, 0.2) is 6.61 Å². The summed E-state index contributed by atoms with van der Waals surface area (Å²) in [5.74, 6) is -1.39. The quantitative estimate of drug-likeness (QED) is 0.368. The van der Waals surface area contributed by atoms with E-state index in [9.17, 15) is 19.7 Å². The highest BCUT2D eigenvalue weighted by Crippen LogP contribution is 2.22. The zero-order valence-corrected chi connectivity index (χ0v) is 13.6. The van der Waals surface area contributed by atoms with Crippen molar-refractivity contribution in [3.05, 3.63) is 75.3 Å². The summed E-state index contributed by atoms with van der Waals surface area (Å²) in [6.45, 7) is -0.560. The van der Waals surface area contributed by atoms with Crippen LogP contribution in [0.3, 0.4) is 0 Å². The Hall–Kier alpha value is -3.19. The highest BCUT2D eigenvalue weighted by atomic mass is 35.5. The van der Waals surface area contributed by atoms with Gasteiger partial charge in [0, 0.05) is 17.2 Å². The van der Waals surface area contributed by atoms with Crippen molar-refractivity contribution in [2.45, 2.75) is 0 Å². The summed E-state index contributed by atoms with van der Waals surface area (Å²) in [6.07, 6.45) is 2.68. The van der Waals surface area contributed by atoms with Crippen LogP contribution in [0.5, 0.6) is 0 Å². The molecule has 0 aliphatic rings. The Kier molecular flexibility index (Phi) is 6.25. The van der Waals surface area contributed by atoms with Gasteiger partial charge in [-0.1, -0.05) is 35.9 Å². The Balaban J connectivity index is 1.86. The SMILES string of the molecule is O=C(COC(=O)/C=C/c1ccc(Cl)cc1)Nc1ccccc1[N+](=O)[O-]. The van der Waals surface area contributed by atoms with Crippen LogP contribution in [0.15, 0.2) is 54.6 Å². The lowest BCUT2D eigenvalue weighted by molar-refractivity contribution is -0.383. The number of ether oxygens (including phenoxy) is 1. The molecule has 0 spiro atoms. The van der Waals surface area contributed by atoms with Gasteiger partial charge in [0.1, 0.15) is 5.69 Å². The fourth-order valence-electron chi connectivity index (χ4n) is 1.85. The maximum absolute atomic E-state index is 11.8. The Morgan fingerprint density at radius 3 is 2.52 bits per heavy atom. The number of halogens is 1.